The monoisotopic (exact) mass is 240 g/mol. The van der Waals surface area contributed by atoms with E-state index >= 15 is 0 Å². The molecule has 0 amide bonds. The molecule has 1 aromatic heterocycles. The fraction of sp³-hybridized carbons (Fsp3) is 0.375. The number of alkyl halides is 2. The topological polar surface area (TPSA) is 38.9 Å². The number of halogens is 4. The minimum atomic E-state index is -2.58. The molecule has 6 heteroatoms. The number of hydrogen-bond donors (Lipinski definition) is 1. The second kappa shape index (κ2) is 4.87. The first-order valence-electron chi connectivity index (χ1n) is 3.84. The van der Waals surface area contributed by atoms with Crippen LogP contribution in [-0.4, -0.2) is 17.5 Å². The number of pyridine rings is 1. The lowest BCUT2D eigenvalue weighted by Crippen LogP contribution is -2.31. The van der Waals surface area contributed by atoms with Crippen LogP contribution in [0.4, 0.5) is 8.78 Å². The van der Waals surface area contributed by atoms with Crippen molar-refractivity contribution >= 4 is 23.2 Å². The van der Waals surface area contributed by atoms with E-state index in [9.17, 15) is 8.78 Å². The van der Waals surface area contributed by atoms with Crippen molar-refractivity contribution in [1.29, 1.82) is 0 Å². The Morgan fingerprint density at radius 2 is 2.07 bits per heavy atom. The number of nitrogens with zero attached hydrogens (tertiary/aromatic N) is 1. The number of nitrogens with two attached hydrogens (primary N) is 1. The molecule has 0 bridgehead atoms. The first-order valence-corrected chi connectivity index (χ1v) is 4.60. The molecule has 0 aliphatic heterocycles. The molecule has 2 nitrogen and oxygen atoms in total. The molecule has 0 saturated carbocycles. The number of hydrogen-bond acceptors (Lipinski definition) is 2. The summed E-state index contributed by atoms with van der Waals surface area (Å²) in [4.78, 5) is 3.82. The van der Waals surface area contributed by atoms with E-state index in [-0.39, 0.29) is 11.4 Å². The van der Waals surface area contributed by atoms with Crippen LogP contribution < -0.4 is 5.73 Å². The highest BCUT2D eigenvalue weighted by Crippen LogP contribution is 2.20. The van der Waals surface area contributed by atoms with Gasteiger partial charge in [-0.3, -0.25) is 4.98 Å². The number of aromatic nitrogens is 1. The van der Waals surface area contributed by atoms with Crippen molar-refractivity contribution in [3.05, 3.63) is 28.0 Å². The summed E-state index contributed by atoms with van der Waals surface area (Å²) in [6.07, 6.45) is -1.29. The van der Waals surface area contributed by atoms with Gasteiger partial charge in [-0.25, -0.2) is 8.78 Å². The van der Waals surface area contributed by atoms with Gasteiger partial charge in [-0.1, -0.05) is 23.2 Å². The van der Waals surface area contributed by atoms with Crippen molar-refractivity contribution in [2.45, 2.75) is 18.9 Å². The molecule has 78 valence electrons. The Kier molecular flexibility index (Phi) is 4.04. The van der Waals surface area contributed by atoms with Crippen LogP contribution in [0.5, 0.6) is 0 Å². The van der Waals surface area contributed by atoms with E-state index in [1.54, 1.807) is 0 Å². The normalized spacial score (nSPS) is 13.3. The zero-order valence-electron chi connectivity index (χ0n) is 7.05. The summed E-state index contributed by atoms with van der Waals surface area (Å²) in [6, 6.07) is 0.199. The summed E-state index contributed by atoms with van der Waals surface area (Å²) in [6.45, 7) is 0. The van der Waals surface area contributed by atoms with E-state index in [2.05, 4.69) is 4.98 Å². The van der Waals surface area contributed by atoms with Gasteiger partial charge in [-0.15, -0.1) is 0 Å². The summed E-state index contributed by atoms with van der Waals surface area (Å²) in [5.41, 5.74) is 5.51. The molecule has 1 unspecified atom stereocenters. The van der Waals surface area contributed by atoms with Crippen LogP contribution in [0, 0.1) is 0 Å². The van der Waals surface area contributed by atoms with Crippen molar-refractivity contribution in [2.24, 2.45) is 5.73 Å². The predicted octanol–water partition coefficient (Wildman–Crippen LogP) is 2.52. The molecule has 1 atom stereocenters. The quantitative estimate of drug-likeness (QED) is 0.882. The smallest absolute Gasteiger partial charge is 0.253 e. The maximum Gasteiger partial charge on any atom is 0.253 e. The molecule has 1 heterocycles. The highest BCUT2D eigenvalue weighted by atomic mass is 35.5. The average molecular weight is 241 g/mol. The minimum Gasteiger partial charge on any atom is -0.323 e. The summed E-state index contributed by atoms with van der Waals surface area (Å²) < 4.78 is 24.2. The van der Waals surface area contributed by atoms with Crippen LogP contribution in [0.25, 0.3) is 0 Å². The van der Waals surface area contributed by atoms with Crippen molar-refractivity contribution < 1.29 is 8.78 Å². The average Bonchev–Trinajstić information content (AvgIpc) is 2.09. The zero-order valence-corrected chi connectivity index (χ0v) is 8.56. The molecule has 2 N–H and O–H groups in total. The lowest BCUT2D eigenvalue weighted by Gasteiger charge is -2.10. The van der Waals surface area contributed by atoms with Gasteiger partial charge in [0.05, 0.1) is 21.8 Å². The molecule has 1 rings (SSSR count). The maximum atomic E-state index is 12.1. The first kappa shape index (κ1) is 11.6. The molecule has 0 aliphatic carbocycles. The largest absolute Gasteiger partial charge is 0.323 e. The van der Waals surface area contributed by atoms with Gasteiger partial charge < -0.3 is 5.73 Å². The Balaban J connectivity index is 2.77. The molecule has 0 saturated heterocycles. The SMILES string of the molecule is NC(Cc1ncc(Cl)cc1Cl)C(F)F. The Bertz CT molecular complexity index is 320. The fourth-order valence-electron chi connectivity index (χ4n) is 0.905. The van der Waals surface area contributed by atoms with Crippen LogP contribution in [0.15, 0.2) is 12.3 Å². The highest BCUT2D eigenvalue weighted by molar-refractivity contribution is 6.34. The number of rotatable bonds is 3. The van der Waals surface area contributed by atoms with Gasteiger partial charge in [0.1, 0.15) is 0 Å². The Hall–Kier alpha value is -0.450. The second-order valence-electron chi connectivity index (χ2n) is 2.78. The van der Waals surface area contributed by atoms with E-state index in [4.69, 9.17) is 28.9 Å². The summed E-state index contributed by atoms with van der Waals surface area (Å²) in [5, 5.41) is 0.623. The summed E-state index contributed by atoms with van der Waals surface area (Å²) >= 11 is 11.3. The Morgan fingerprint density at radius 3 is 2.57 bits per heavy atom. The molecule has 0 fully saturated rings. The van der Waals surface area contributed by atoms with Crippen LogP contribution in [0.2, 0.25) is 10.0 Å². The van der Waals surface area contributed by atoms with Crippen molar-refractivity contribution in [3.8, 4) is 0 Å². The zero-order chi connectivity index (χ0) is 10.7. The maximum absolute atomic E-state index is 12.1. The van der Waals surface area contributed by atoms with Crippen LogP contribution in [0.3, 0.4) is 0 Å². The van der Waals surface area contributed by atoms with Gasteiger partial charge in [0, 0.05) is 12.6 Å². The molecule has 14 heavy (non-hydrogen) atoms. The third kappa shape index (κ3) is 3.04. The molecular weight excluding hydrogens is 233 g/mol. The van der Waals surface area contributed by atoms with Gasteiger partial charge in [-0.2, -0.15) is 0 Å². The van der Waals surface area contributed by atoms with E-state index < -0.39 is 12.5 Å². The Labute approximate surface area is 90.0 Å². The van der Waals surface area contributed by atoms with Crippen LogP contribution in [0.1, 0.15) is 5.69 Å². The fourth-order valence-corrected chi connectivity index (χ4v) is 1.36. The molecule has 0 aliphatic rings. The van der Waals surface area contributed by atoms with E-state index in [1.807, 2.05) is 0 Å². The lowest BCUT2D eigenvalue weighted by molar-refractivity contribution is 0.115. The third-order valence-corrected chi connectivity index (χ3v) is 2.17. The molecule has 0 aromatic carbocycles. The van der Waals surface area contributed by atoms with E-state index in [0.29, 0.717) is 10.7 Å². The highest BCUT2D eigenvalue weighted by Gasteiger charge is 2.17. The van der Waals surface area contributed by atoms with Crippen molar-refractivity contribution in [1.82, 2.24) is 4.98 Å². The first-order chi connectivity index (χ1) is 6.50. The van der Waals surface area contributed by atoms with E-state index in [1.165, 1.54) is 12.3 Å². The molecule has 0 spiro atoms. The van der Waals surface area contributed by atoms with Crippen LogP contribution in [-0.2, 0) is 6.42 Å². The molecule has 0 radical (unpaired) electrons. The van der Waals surface area contributed by atoms with Gasteiger partial charge in [0.15, 0.2) is 0 Å². The Morgan fingerprint density at radius 1 is 1.43 bits per heavy atom. The van der Waals surface area contributed by atoms with Gasteiger partial charge in [-0.05, 0) is 6.07 Å². The predicted molar refractivity (Wildman–Crippen MR) is 51.9 cm³/mol. The van der Waals surface area contributed by atoms with Gasteiger partial charge in [0.2, 0.25) is 0 Å². The minimum absolute atomic E-state index is 0.0618. The van der Waals surface area contributed by atoms with E-state index in [0.717, 1.165) is 0 Å². The van der Waals surface area contributed by atoms with Crippen molar-refractivity contribution in [2.75, 3.05) is 0 Å². The van der Waals surface area contributed by atoms with Gasteiger partial charge >= 0.3 is 0 Å². The second-order valence-corrected chi connectivity index (χ2v) is 3.63. The van der Waals surface area contributed by atoms with Crippen molar-refractivity contribution in [3.63, 3.8) is 0 Å². The lowest BCUT2D eigenvalue weighted by atomic mass is 10.1. The van der Waals surface area contributed by atoms with Crippen LogP contribution >= 0.6 is 23.2 Å². The molecular formula is C8H8Cl2F2N2. The third-order valence-electron chi connectivity index (χ3n) is 1.64. The molecule has 1 aromatic rings. The summed E-state index contributed by atoms with van der Waals surface area (Å²) in [7, 11) is 0. The standard InChI is InChI=1S/C8H8Cl2F2N2/c9-4-1-5(10)7(14-3-4)2-6(13)8(11)12/h1,3,6,8H,2,13H2. The summed E-state index contributed by atoms with van der Waals surface area (Å²) in [5.74, 6) is 0. The van der Waals surface area contributed by atoms with Gasteiger partial charge in [0.25, 0.3) is 6.43 Å².